The standard InChI is InChI=1S/C16H28N4O2/c1-10(2)13(20-15(21)22-16(5,6)7)9-17-14-18-11(3)8-12(4)19-14/h8,10,13H,9H2,1-7H3,(H,20,21)(H,17,18,19). The van der Waals surface area contributed by atoms with Crippen LogP contribution in [0.2, 0.25) is 0 Å². The Morgan fingerprint density at radius 3 is 2.23 bits per heavy atom. The fraction of sp³-hybridized carbons (Fsp3) is 0.688. The molecule has 0 radical (unpaired) electrons. The first-order valence-electron chi connectivity index (χ1n) is 7.62. The highest BCUT2D eigenvalue weighted by molar-refractivity contribution is 5.68. The van der Waals surface area contributed by atoms with Gasteiger partial charge in [-0.2, -0.15) is 0 Å². The molecule has 0 saturated heterocycles. The summed E-state index contributed by atoms with van der Waals surface area (Å²) in [4.78, 5) is 20.6. The highest BCUT2D eigenvalue weighted by Gasteiger charge is 2.21. The van der Waals surface area contributed by atoms with Crippen LogP contribution < -0.4 is 10.6 Å². The molecule has 22 heavy (non-hydrogen) atoms. The monoisotopic (exact) mass is 308 g/mol. The molecular weight excluding hydrogens is 280 g/mol. The number of rotatable bonds is 5. The molecule has 0 aromatic carbocycles. The summed E-state index contributed by atoms with van der Waals surface area (Å²) in [6.45, 7) is 14.0. The lowest BCUT2D eigenvalue weighted by Gasteiger charge is -2.26. The number of aromatic nitrogens is 2. The average molecular weight is 308 g/mol. The zero-order valence-electron chi connectivity index (χ0n) is 14.7. The van der Waals surface area contributed by atoms with Crippen LogP contribution in [0, 0.1) is 19.8 Å². The van der Waals surface area contributed by atoms with Gasteiger partial charge in [-0.1, -0.05) is 13.8 Å². The maximum absolute atomic E-state index is 11.9. The van der Waals surface area contributed by atoms with Gasteiger partial charge < -0.3 is 15.4 Å². The minimum absolute atomic E-state index is 0.0701. The summed E-state index contributed by atoms with van der Waals surface area (Å²) in [6, 6.07) is 1.85. The van der Waals surface area contributed by atoms with Crippen molar-refractivity contribution in [1.29, 1.82) is 0 Å². The predicted molar refractivity (Wildman–Crippen MR) is 88.0 cm³/mol. The summed E-state index contributed by atoms with van der Waals surface area (Å²) in [5.74, 6) is 0.833. The van der Waals surface area contributed by atoms with Gasteiger partial charge in [-0.15, -0.1) is 0 Å². The Bertz CT molecular complexity index is 489. The lowest BCUT2D eigenvalue weighted by molar-refractivity contribution is 0.0494. The first-order chi connectivity index (χ1) is 10.1. The molecule has 1 aromatic heterocycles. The minimum atomic E-state index is -0.504. The molecule has 1 amide bonds. The van der Waals surface area contributed by atoms with Crippen molar-refractivity contribution in [3.8, 4) is 0 Å². The Kier molecular flexibility index (Phi) is 6.14. The maximum Gasteiger partial charge on any atom is 0.407 e. The number of nitrogens with zero attached hydrogens (tertiary/aromatic N) is 2. The summed E-state index contributed by atoms with van der Waals surface area (Å²) in [5.41, 5.74) is 1.32. The van der Waals surface area contributed by atoms with Crippen LogP contribution in [-0.2, 0) is 4.74 Å². The highest BCUT2D eigenvalue weighted by atomic mass is 16.6. The molecule has 124 valence electrons. The van der Waals surface area contributed by atoms with Crippen molar-refractivity contribution in [2.24, 2.45) is 5.92 Å². The number of ether oxygens (including phenoxy) is 1. The molecule has 0 aliphatic carbocycles. The van der Waals surface area contributed by atoms with Crippen LogP contribution in [0.1, 0.15) is 46.0 Å². The third-order valence-electron chi connectivity index (χ3n) is 2.97. The third-order valence-corrected chi connectivity index (χ3v) is 2.97. The Hall–Kier alpha value is -1.85. The van der Waals surface area contributed by atoms with Crippen LogP contribution in [0.5, 0.6) is 0 Å². The van der Waals surface area contributed by atoms with Gasteiger partial charge in [-0.05, 0) is 46.6 Å². The number of hydrogen-bond acceptors (Lipinski definition) is 5. The number of alkyl carbamates (subject to hydrolysis) is 1. The van der Waals surface area contributed by atoms with Crippen LogP contribution in [0.3, 0.4) is 0 Å². The third kappa shape index (κ3) is 6.74. The van der Waals surface area contributed by atoms with E-state index in [9.17, 15) is 4.79 Å². The summed E-state index contributed by atoms with van der Waals surface area (Å²) >= 11 is 0. The number of nitrogens with one attached hydrogen (secondary N) is 2. The van der Waals surface area contributed by atoms with Gasteiger partial charge in [-0.25, -0.2) is 14.8 Å². The van der Waals surface area contributed by atoms with Crippen molar-refractivity contribution in [3.05, 3.63) is 17.5 Å². The summed E-state index contributed by atoms with van der Waals surface area (Å²) in [5, 5.41) is 6.08. The van der Waals surface area contributed by atoms with Crippen molar-refractivity contribution in [1.82, 2.24) is 15.3 Å². The second-order valence-electron chi connectivity index (χ2n) is 6.85. The van der Waals surface area contributed by atoms with E-state index in [0.717, 1.165) is 11.4 Å². The molecule has 1 unspecified atom stereocenters. The normalized spacial score (nSPS) is 12.9. The fourth-order valence-corrected chi connectivity index (χ4v) is 1.92. The molecule has 6 nitrogen and oxygen atoms in total. The summed E-state index contributed by atoms with van der Waals surface area (Å²) in [7, 11) is 0. The number of amides is 1. The number of hydrogen-bond donors (Lipinski definition) is 2. The van der Waals surface area contributed by atoms with E-state index in [1.54, 1.807) is 0 Å². The molecule has 2 N–H and O–H groups in total. The van der Waals surface area contributed by atoms with Gasteiger partial charge >= 0.3 is 6.09 Å². The smallest absolute Gasteiger partial charge is 0.407 e. The molecule has 1 heterocycles. The topological polar surface area (TPSA) is 76.1 Å². The first-order valence-corrected chi connectivity index (χ1v) is 7.62. The van der Waals surface area contributed by atoms with Crippen molar-refractivity contribution >= 4 is 12.0 Å². The van der Waals surface area contributed by atoms with Gasteiger partial charge in [0.1, 0.15) is 5.60 Å². The Morgan fingerprint density at radius 1 is 1.23 bits per heavy atom. The van der Waals surface area contributed by atoms with E-state index >= 15 is 0 Å². The van der Waals surface area contributed by atoms with E-state index in [0.29, 0.717) is 12.5 Å². The molecule has 0 spiro atoms. The second kappa shape index (κ2) is 7.42. The molecule has 0 fully saturated rings. The van der Waals surface area contributed by atoms with Gasteiger partial charge in [0.05, 0.1) is 6.04 Å². The first kappa shape index (κ1) is 18.2. The summed E-state index contributed by atoms with van der Waals surface area (Å²) < 4.78 is 5.30. The van der Waals surface area contributed by atoms with Gasteiger partial charge in [-0.3, -0.25) is 0 Å². The zero-order chi connectivity index (χ0) is 16.9. The molecule has 1 atom stereocenters. The fourth-order valence-electron chi connectivity index (χ4n) is 1.92. The number of anilines is 1. The number of carbonyl (C=O) groups is 1. The van der Waals surface area contributed by atoms with Crippen LogP contribution in [-0.4, -0.2) is 34.2 Å². The van der Waals surface area contributed by atoms with Crippen LogP contribution in [0.15, 0.2) is 6.07 Å². The molecular formula is C16H28N4O2. The Balaban J connectivity index is 2.63. The summed E-state index contributed by atoms with van der Waals surface area (Å²) in [6.07, 6.45) is -0.408. The second-order valence-corrected chi connectivity index (χ2v) is 6.85. The average Bonchev–Trinajstić information content (AvgIpc) is 2.30. The highest BCUT2D eigenvalue weighted by Crippen LogP contribution is 2.10. The van der Waals surface area contributed by atoms with Crippen molar-refractivity contribution in [3.63, 3.8) is 0 Å². The van der Waals surface area contributed by atoms with Gasteiger partial charge in [0.2, 0.25) is 5.95 Å². The lowest BCUT2D eigenvalue weighted by atomic mass is 10.0. The van der Waals surface area contributed by atoms with E-state index in [1.807, 2.05) is 54.5 Å². The predicted octanol–water partition coefficient (Wildman–Crippen LogP) is 3.05. The van der Waals surface area contributed by atoms with Gasteiger partial charge in [0.25, 0.3) is 0 Å². The Labute approximate surface area is 133 Å². The van der Waals surface area contributed by atoms with Crippen molar-refractivity contribution < 1.29 is 9.53 Å². The van der Waals surface area contributed by atoms with E-state index < -0.39 is 11.7 Å². The Morgan fingerprint density at radius 2 is 1.77 bits per heavy atom. The number of aryl methyl sites for hydroxylation is 2. The molecule has 6 heteroatoms. The molecule has 0 aliphatic heterocycles. The SMILES string of the molecule is Cc1cc(C)nc(NCC(NC(=O)OC(C)(C)C)C(C)C)n1. The molecule has 0 saturated carbocycles. The van der Waals surface area contributed by atoms with Crippen molar-refractivity contribution in [2.45, 2.75) is 60.1 Å². The van der Waals surface area contributed by atoms with E-state index in [2.05, 4.69) is 20.6 Å². The van der Waals surface area contributed by atoms with Crippen LogP contribution in [0.25, 0.3) is 0 Å². The minimum Gasteiger partial charge on any atom is -0.444 e. The van der Waals surface area contributed by atoms with Crippen LogP contribution in [0.4, 0.5) is 10.7 Å². The van der Waals surface area contributed by atoms with Crippen LogP contribution >= 0.6 is 0 Å². The largest absolute Gasteiger partial charge is 0.444 e. The molecule has 1 aromatic rings. The van der Waals surface area contributed by atoms with Gasteiger partial charge in [0, 0.05) is 17.9 Å². The van der Waals surface area contributed by atoms with E-state index in [1.165, 1.54) is 0 Å². The zero-order valence-corrected chi connectivity index (χ0v) is 14.7. The van der Waals surface area contributed by atoms with E-state index in [-0.39, 0.29) is 12.0 Å². The van der Waals surface area contributed by atoms with Gasteiger partial charge in [0.15, 0.2) is 0 Å². The number of carbonyl (C=O) groups excluding carboxylic acids is 1. The lowest BCUT2D eigenvalue weighted by Crippen LogP contribution is -2.45. The molecule has 0 aliphatic rings. The van der Waals surface area contributed by atoms with Crippen molar-refractivity contribution in [2.75, 3.05) is 11.9 Å². The molecule has 1 rings (SSSR count). The quantitative estimate of drug-likeness (QED) is 0.874. The maximum atomic E-state index is 11.9. The van der Waals surface area contributed by atoms with E-state index in [4.69, 9.17) is 4.74 Å². The molecule has 0 bridgehead atoms.